The number of hydrogen-bond donors (Lipinski definition) is 1. The number of hydrogen-bond acceptors (Lipinski definition) is 2. The lowest BCUT2D eigenvalue weighted by molar-refractivity contribution is -0.169. The van der Waals surface area contributed by atoms with Crippen molar-refractivity contribution in [2.45, 2.75) is 71.3 Å². The fourth-order valence-electron chi connectivity index (χ4n) is 4.86. The Kier molecular flexibility index (Phi) is 3.60. The molecule has 0 saturated heterocycles. The average Bonchev–Trinajstić information content (AvgIpc) is 2.36. The summed E-state index contributed by atoms with van der Waals surface area (Å²) < 4.78 is 6.22. The molecule has 4 bridgehead atoms. The molecule has 0 aromatic heterocycles. The minimum Gasteiger partial charge on any atom is -0.355 e. The minimum absolute atomic E-state index is 0.0956. The first-order valence-corrected chi connectivity index (χ1v) is 8.35. The Morgan fingerprint density at radius 1 is 1.15 bits per heavy atom. The van der Waals surface area contributed by atoms with Gasteiger partial charge in [0.1, 0.15) is 6.73 Å². The van der Waals surface area contributed by atoms with Crippen LogP contribution in [0.15, 0.2) is 0 Å². The zero-order valence-electron chi connectivity index (χ0n) is 13.2. The summed E-state index contributed by atoms with van der Waals surface area (Å²) in [4.78, 5) is 12.1. The van der Waals surface area contributed by atoms with Crippen LogP contribution in [0.1, 0.15) is 65.7 Å². The van der Waals surface area contributed by atoms with Gasteiger partial charge >= 0.3 is 0 Å². The maximum absolute atomic E-state index is 12.1. The van der Waals surface area contributed by atoms with E-state index in [2.05, 4.69) is 12.2 Å². The van der Waals surface area contributed by atoms with E-state index in [0.717, 1.165) is 24.2 Å². The van der Waals surface area contributed by atoms with Crippen LogP contribution in [0.2, 0.25) is 0 Å². The summed E-state index contributed by atoms with van der Waals surface area (Å²) >= 11 is 0. The molecule has 20 heavy (non-hydrogen) atoms. The van der Waals surface area contributed by atoms with Crippen LogP contribution in [0.3, 0.4) is 0 Å². The lowest BCUT2D eigenvalue weighted by atomic mass is 9.54. The monoisotopic (exact) mass is 279 g/mol. The van der Waals surface area contributed by atoms with Crippen molar-refractivity contribution in [1.29, 1.82) is 0 Å². The van der Waals surface area contributed by atoms with Gasteiger partial charge in [0.15, 0.2) is 0 Å². The SMILES string of the molecule is CCC(C)(C)C(=O)NCOC12CC3CC(CC(C3)C1)C2. The molecule has 4 rings (SSSR count). The highest BCUT2D eigenvalue weighted by Crippen LogP contribution is 2.56. The maximum atomic E-state index is 12.1. The van der Waals surface area contributed by atoms with Gasteiger partial charge in [0, 0.05) is 5.41 Å². The van der Waals surface area contributed by atoms with E-state index in [0.29, 0.717) is 6.73 Å². The third-order valence-electron chi connectivity index (χ3n) is 6.09. The Labute approximate surface area is 122 Å². The second-order valence-electron chi connectivity index (χ2n) is 8.13. The lowest BCUT2D eigenvalue weighted by Crippen LogP contribution is -2.53. The van der Waals surface area contributed by atoms with E-state index >= 15 is 0 Å². The van der Waals surface area contributed by atoms with E-state index < -0.39 is 0 Å². The maximum Gasteiger partial charge on any atom is 0.227 e. The van der Waals surface area contributed by atoms with Gasteiger partial charge in [0.2, 0.25) is 5.91 Å². The van der Waals surface area contributed by atoms with Crippen molar-refractivity contribution in [3.63, 3.8) is 0 Å². The molecular weight excluding hydrogens is 250 g/mol. The summed E-state index contributed by atoms with van der Waals surface area (Å²) in [5, 5.41) is 2.99. The van der Waals surface area contributed by atoms with E-state index in [4.69, 9.17) is 4.74 Å². The smallest absolute Gasteiger partial charge is 0.227 e. The van der Waals surface area contributed by atoms with Crippen molar-refractivity contribution >= 4 is 5.91 Å². The van der Waals surface area contributed by atoms with Crippen LogP contribution in [0, 0.1) is 23.2 Å². The molecule has 1 N–H and O–H groups in total. The van der Waals surface area contributed by atoms with Gasteiger partial charge in [-0.15, -0.1) is 0 Å². The van der Waals surface area contributed by atoms with Gasteiger partial charge in [-0.25, -0.2) is 0 Å². The number of amides is 1. The standard InChI is InChI=1S/C17H29NO2/c1-4-16(2,3)15(19)18-11-20-17-8-12-5-13(9-17)7-14(6-12)10-17/h12-14H,4-11H2,1-3H3,(H,18,19). The molecule has 0 aromatic rings. The Morgan fingerprint density at radius 2 is 1.65 bits per heavy atom. The molecule has 0 heterocycles. The van der Waals surface area contributed by atoms with Crippen LogP contribution >= 0.6 is 0 Å². The predicted octanol–water partition coefficient (Wildman–Crippen LogP) is 3.48. The molecule has 0 spiro atoms. The fourth-order valence-corrected chi connectivity index (χ4v) is 4.86. The number of rotatable bonds is 5. The predicted molar refractivity (Wildman–Crippen MR) is 79.1 cm³/mol. The van der Waals surface area contributed by atoms with Crippen molar-refractivity contribution in [3.8, 4) is 0 Å². The van der Waals surface area contributed by atoms with Gasteiger partial charge in [-0.2, -0.15) is 0 Å². The third-order valence-corrected chi connectivity index (χ3v) is 6.09. The van der Waals surface area contributed by atoms with E-state index in [1.807, 2.05) is 13.8 Å². The molecule has 1 amide bonds. The first-order valence-electron chi connectivity index (χ1n) is 8.35. The van der Waals surface area contributed by atoms with E-state index in [1.54, 1.807) is 0 Å². The Morgan fingerprint density at radius 3 is 2.10 bits per heavy atom. The minimum atomic E-state index is -0.287. The molecule has 4 aliphatic rings. The quantitative estimate of drug-likeness (QED) is 0.782. The first kappa shape index (κ1) is 14.4. The molecule has 3 nitrogen and oxygen atoms in total. The van der Waals surface area contributed by atoms with Crippen LogP contribution in [0.4, 0.5) is 0 Å². The molecule has 3 heteroatoms. The number of carbonyl (C=O) groups excluding carboxylic acids is 1. The van der Waals surface area contributed by atoms with Gasteiger partial charge in [0.25, 0.3) is 0 Å². The summed E-state index contributed by atoms with van der Waals surface area (Å²) in [5.74, 6) is 2.79. The van der Waals surface area contributed by atoms with Crippen LogP contribution in [-0.4, -0.2) is 18.2 Å². The van der Waals surface area contributed by atoms with Crippen LogP contribution in [-0.2, 0) is 9.53 Å². The summed E-state index contributed by atoms with van der Waals surface area (Å²) in [6.07, 6.45) is 8.83. The van der Waals surface area contributed by atoms with Gasteiger partial charge in [-0.3, -0.25) is 4.79 Å². The normalized spacial score (nSPS) is 39.0. The zero-order valence-corrected chi connectivity index (χ0v) is 13.2. The molecule has 4 aliphatic carbocycles. The second kappa shape index (κ2) is 5.01. The first-order chi connectivity index (χ1) is 9.42. The highest BCUT2D eigenvalue weighted by molar-refractivity contribution is 5.81. The molecule has 0 unspecified atom stereocenters. The Balaban J connectivity index is 1.53. The van der Waals surface area contributed by atoms with Crippen molar-refractivity contribution < 1.29 is 9.53 Å². The van der Waals surface area contributed by atoms with E-state index in [9.17, 15) is 4.79 Å². The molecule has 114 valence electrons. The molecule has 0 radical (unpaired) electrons. The summed E-state index contributed by atoms with van der Waals surface area (Å²) in [7, 11) is 0. The Hall–Kier alpha value is -0.570. The van der Waals surface area contributed by atoms with Crippen molar-refractivity contribution in [3.05, 3.63) is 0 Å². The molecule has 0 atom stereocenters. The second-order valence-corrected chi connectivity index (χ2v) is 8.13. The van der Waals surface area contributed by atoms with Gasteiger partial charge in [-0.05, 0) is 62.7 Å². The van der Waals surface area contributed by atoms with E-state index in [-0.39, 0.29) is 16.9 Å². The fraction of sp³-hybridized carbons (Fsp3) is 0.941. The number of ether oxygens (including phenoxy) is 1. The highest BCUT2D eigenvalue weighted by Gasteiger charge is 2.51. The molecule has 0 aromatic carbocycles. The zero-order chi connectivity index (χ0) is 14.4. The number of nitrogens with one attached hydrogen (secondary N) is 1. The van der Waals surface area contributed by atoms with E-state index in [1.165, 1.54) is 38.5 Å². The van der Waals surface area contributed by atoms with Crippen LogP contribution in [0.25, 0.3) is 0 Å². The molecule has 4 fully saturated rings. The summed E-state index contributed by atoms with van der Waals surface area (Å²) in [5.41, 5.74) is -0.191. The van der Waals surface area contributed by atoms with Crippen LogP contribution in [0.5, 0.6) is 0 Å². The van der Waals surface area contributed by atoms with Gasteiger partial charge in [-0.1, -0.05) is 20.8 Å². The van der Waals surface area contributed by atoms with Crippen molar-refractivity contribution in [2.75, 3.05) is 6.73 Å². The van der Waals surface area contributed by atoms with Crippen molar-refractivity contribution in [1.82, 2.24) is 5.32 Å². The van der Waals surface area contributed by atoms with Gasteiger partial charge < -0.3 is 10.1 Å². The third kappa shape index (κ3) is 2.61. The van der Waals surface area contributed by atoms with Crippen LogP contribution < -0.4 is 5.32 Å². The molecular formula is C17H29NO2. The molecule has 0 aliphatic heterocycles. The summed E-state index contributed by atoms with van der Waals surface area (Å²) in [6, 6.07) is 0. The molecule has 4 saturated carbocycles. The Bertz CT molecular complexity index is 353. The van der Waals surface area contributed by atoms with Gasteiger partial charge in [0.05, 0.1) is 5.60 Å². The lowest BCUT2D eigenvalue weighted by Gasteiger charge is -2.56. The average molecular weight is 279 g/mol. The highest BCUT2D eigenvalue weighted by atomic mass is 16.5. The van der Waals surface area contributed by atoms with Crippen molar-refractivity contribution in [2.24, 2.45) is 23.2 Å². The largest absolute Gasteiger partial charge is 0.355 e. The number of carbonyl (C=O) groups is 1. The topological polar surface area (TPSA) is 38.3 Å². The summed E-state index contributed by atoms with van der Waals surface area (Å²) in [6.45, 7) is 6.44.